The van der Waals surface area contributed by atoms with E-state index in [1.165, 1.54) is 0 Å². The highest BCUT2D eigenvalue weighted by Crippen LogP contribution is 2.25. The van der Waals surface area contributed by atoms with Crippen LogP contribution in [0.2, 0.25) is 0 Å². The van der Waals surface area contributed by atoms with Crippen molar-refractivity contribution in [3.8, 4) is 11.5 Å². The highest BCUT2D eigenvalue weighted by Gasteiger charge is 2.03. The second-order valence-electron chi connectivity index (χ2n) is 4.23. The molecule has 0 aromatic heterocycles. The van der Waals surface area contributed by atoms with E-state index in [1.807, 2.05) is 50.2 Å². The van der Waals surface area contributed by atoms with Crippen molar-refractivity contribution in [2.45, 2.75) is 13.8 Å². The van der Waals surface area contributed by atoms with Crippen molar-refractivity contribution in [2.75, 3.05) is 6.79 Å². The Morgan fingerprint density at radius 1 is 0.789 bits per heavy atom. The van der Waals surface area contributed by atoms with Gasteiger partial charge in [-0.1, -0.05) is 44.0 Å². The third-order valence-corrected chi connectivity index (χ3v) is 3.72. The van der Waals surface area contributed by atoms with Gasteiger partial charge in [0.05, 0.1) is 0 Å². The van der Waals surface area contributed by atoms with Crippen LogP contribution in [0.15, 0.2) is 45.3 Å². The van der Waals surface area contributed by atoms with Gasteiger partial charge in [-0.2, -0.15) is 0 Å². The van der Waals surface area contributed by atoms with Crippen LogP contribution >= 0.6 is 31.9 Å². The Balaban J connectivity index is 2.00. The number of halogens is 2. The van der Waals surface area contributed by atoms with Crippen molar-refractivity contribution in [3.63, 3.8) is 0 Å². The molecule has 2 rings (SSSR count). The van der Waals surface area contributed by atoms with E-state index in [2.05, 4.69) is 31.9 Å². The molecular weight excluding hydrogens is 372 g/mol. The summed E-state index contributed by atoms with van der Waals surface area (Å²) in [7, 11) is 0. The molecule has 0 saturated heterocycles. The Labute approximate surface area is 130 Å². The first kappa shape index (κ1) is 14.4. The van der Waals surface area contributed by atoms with Crippen LogP contribution in [0, 0.1) is 13.8 Å². The Hall–Kier alpha value is -1.000. The summed E-state index contributed by atoms with van der Waals surface area (Å²) in [6.45, 7) is 4.20. The number of hydrogen-bond donors (Lipinski definition) is 0. The molecule has 2 aromatic rings. The van der Waals surface area contributed by atoms with E-state index in [1.54, 1.807) is 0 Å². The molecule has 2 aromatic carbocycles. The summed E-state index contributed by atoms with van der Waals surface area (Å²) in [6.07, 6.45) is 0. The van der Waals surface area contributed by atoms with Crippen LogP contribution in [0.25, 0.3) is 0 Å². The average Bonchev–Trinajstić information content (AvgIpc) is 2.38. The quantitative estimate of drug-likeness (QED) is 0.669. The van der Waals surface area contributed by atoms with E-state index in [-0.39, 0.29) is 6.79 Å². The van der Waals surface area contributed by atoms with E-state index in [9.17, 15) is 0 Å². The van der Waals surface area contributed by atoms with E-state index >= 15 is 0 Å². The van der Waals surface area contributed by atoms with Crippen LogP contribution in [0.4, 0.5) is 0 Å². The zero-order valence-electron chi connectivity index (χ0n) is 10.7. The number of aryl methyl sites for hydroxylation is 2. The Bertz CT molecular complexity index is 531. The summed E-state index contributed by atoms with van der Waals surface area (Å²) in [5, 5.41) is 0. The first-order valence-electron chi connectivity index (χ1n) is 5.84. The van der Waals surface area contributed by atoms with E-state index in [0.29, 0.717) is 0 Å². The van der Waals surface area contributed by atoms with Gasteiger partial charge in [0.25, 0.3) is 0 Å². The van der Waals surface area contributed by atoms with E-state index in [4.69, 9.17) is 9.47 Å². The molecule has 0 bridgehead atoms. The SMILES string of the molecule is Cc1ccc(Br)cc1OCOc1cc(Br)ccc1C. The number of hydrogen-bond acceptors (Lipinski definition) is 2. The second kappa shape index (κ2) is 6.44. The van der Waals surface area contributed by atoms with E-state index < -0.39 is 0 Å². The first-order chi connectivity index (χ1) is 9.06. The number of ether oxygens (including phenoxy) is 2. The fourth-order valence-corrected chi connectivity index (χ4v) is 2.30. The van der Waals surface area contributed by atoms with Crippen LogP contribution in [0.5, 0.6) is 11.5 Å². The summed E-state index contributed by atoms with van der Waals surface area (Å²) in [5.74, 6) is 1.64. The van der Waals surface area contributed by atoms with Crippen LogP contribution < -0.4 is 9.47 Å². The van der Waals surface area contributed by atoms with Crippen molar-refractivity contribution in [1.82, 2.24) is 0 Å². The molecule has 2 nitrogen and oxygen atoms in total. The minimum Gasteiger partial charge on any atom is -0.457 e. The molecule has 0 N–H and O–H groups in total. The van der Waals surface area contributed by atoms with Gasteiger partial charge in [0, 0.05) is 8.95 Å². The molecule has 0 atom stereocenters. The van der Waals surface area contributed by atoms with Gasteiger partial charge in [-0.3, -0.25) is 0 Å². The van der Waals surface area contributed by atoms with Crippen LogP contribution in [0.3, 0.4) is 0 Å². The standard InChI is InChI=1S/C15H14Br2O2/c1-10-3-5-12(16)7-14(10)18-9-19-15-8-13(17)6-4-11(15)2/h3-8H,9H2,1-2H3. The van der Waals surface area contributed by atoms with Crippen molar-refractivity contribution in [3.05, 3.63) is 56.5 Å². The molecule has 0 aliphatic rings. The molecule has 0 heterocycles. The van der Waals surface area contributed by atoms with Gasteiger partial charge in [0.15, 0.2) is 0 Å². The molecular formula is C15H14Br2O2. The first-order valence-corrected chi connectivity index (χ1v) is 7.43. The highest BCUT2D eigenvalue weighted by molar-refractivity contribution is 9.10. The third-order valence-electron chi connectivity index (χ3n) is 2.73. The molecule has 0 radical (unpaired) electrons. The molecule has 0 unspecified atom stereocenters. The highest BCUT2D eigenvalue weighted by atomic mass is 79.9. The van der Waals surface area contributed by atoms with Gasteiger partial charge in [0.2, 0.25) is 6.79 Å². The van der Waals surface area contributed by atoms with Crippen molar-refractivity contribution in [1.29, 1.82) is 0 Å². The Morgan fingerprint density at radius 3 is 1.63 bits per heavy atom. The Morgan fingerprint density at radius 2 is 1.21 bits per heavy atom. The summed E-state index contributed by atoms with van der Waals surface area (Å²) >= 11 is 6.85. The summed E-state index contributed by atoms with van der Waals surface area (Å²) < 4.78 is 13.3. The predicted octanol–water partition coefficient (Wildman–Crippen LogP) is 5.24. The zero-order chi connectivity index (χ0) is 13.8. The molecule has 19 heavy (non-hydrogen) atoms. The molecule has 100 valence electrons. The summed E-state index contributed by atoms with van der Waals surface area (Å²) in [4.78, 5) is 0. The van der Waals surface area contributed by atoms with Crippen LogP contribution in [-0.2, 0) is 0 Å². The minimum absolute atomic E-state index is 0.189. The maximum absolute atomic E-state index is 5.65. The average molecular weight is 386 g/mol. The molecule has 0 aliphatic carbocycles. The zero-order valence-corrected chi connectivity index (χ0v) is 13.9. The molecule has 0 amide bonds. The molecule has 4 heteroatoms. The van der Waals surface area contributed by atoms with Crippen LogP contribution in [-0.4, -0.2) is 6.79 Å². The van der Waals surface area contributed by atoms with E-state index in [0.717, 1.165) is 31.6 Å². The fourth-order valence-electron chi connectivity index (χ4n) is 1.62. The molecule has 0 saturated carbocycles. The lowest BCUT2D eigenvalue weighted by Gasteiger charge is -2.12. The maximum atomic E-state index is 5.65. The van der Waals surface area contributed by atoms with Crippen LogP contribution in [0.1, 0.15) is 11.1 Å². The largest absolute Gasteiger partial charge is 0.457 e. The lowest BCUT2D eigenvalue weighted by atomic mass is 10.2. The number of rotatable bonds is 4. The van der Waals surface area contributed by atoms with Gasteiger partial charge in [0.1, 0.15) is 11.5 Å². The monoisotopic (exact) mass is 384 g/mol. The smallest absolute Gasteiger partial charge is 0.230 e. The summed E-state index contributed by atoms with van der Waals surface area (Å²) in [5.41, 5.74) is 2.16. The fraction of sp³-hybridized carbons (Fsp3) is 0.200. The molecule has 0 fully saturated rings. The minimum atomic E-state index is 0.189. The van der Waals surface area contributed by atoms with Gasteiger partial charge in [-0.25, -0.2) is 0 Å². The van der Waals surface area contributed by atoms with Gasteiger partial charge >= 0.3 is 0 Å². The maximum Gasteiger partial charge on any atom is 0.230 e. The lowest BCUT2D eigenvalue weighted by Crippen LogP contribution is -2.07. The number of benzene rings is 2. The summed E-state index contributed by atoms with van der Waals surface area (Å²) in [6, 6.07) is 11.9. The van der Waals surface area contributed by atoms with Crippen molar-refractivity contribution in [2.24, 2.45) is 0 Å². The van der Waals surface area contributed by atoms with Crippen molar-refractivity contribution < 1.29 is 9.47 Å². The van der Waals surface area contributed by atoms with Crippen molar-refractivity contribution >= 4 is 31.9 Å². The normalized spacial score (nSPS) is 10.3. The third kappa shape index (κ3) is 3.98. The van der Waals surface area contributed by atoms with Gasteiger partial charge < -0.3 is 9.47 Å². The van der Waals surface area contributed by atoms with Gasteiger partial charge in [-0.05, 0) is 49.2 Å². The predicted molar refractivity (Wildman–Crippen MR) is 83.9 cm³/mol. The topological polar surface area (TPSA) is 18.5 Å². The Kier molecular flexibility index (Phi) is 4.88. The van der Waals surface area contributed by atoms with Gasteiger partial charge in [-0.15, -0.1) is 0 Å². The second-order valence-corrected chi connectivity index (χ2v) is 6.06. The molecule has 0 aliphatic heterocycles. The lowest BCUT2D eigenvalue weighted by molar-refractivity contribution is 0.118. The molecule has 0 spiro atoms.